The summed E-state index contributed by atoms with van der Waals surface area (Å²) in [5, 5.41) is 4.99. The van der Waals surface area contributed by atoms with E-state index in [0.717, 1.165) is 19.3 Å². The van der Waals surface area contributed by atoms with Crippen molar-refractivity contribution >= 4 is 17.9 Å². The number of aryl methyl sites for hydroxylation is 2. The van der Waals surface area contributed by atoms with E-state index in [4.69, 9.17) is 9.15 Å². The maximum Gasteiger partial charge on any atom is 0.342 e. The molecule has 0 bridgehead atoms. The van der Waals surface area contributed by atoms with Crippen molar-refractivity contribution in [3.8, 4) is 0 Å². The van der Waals surface area contributed by atoms with Gasteiger partial charge in [-0.25, -0.2) is 9.59 Å². The molecule has 1 aliphatic rings. The summed E-state index contributed by atoms with van der Waals surface area (Å²) in [5.41, 5.74) is 0.279. The molecule has 0 unspecified atom stereocenters. The molecule has 1 aromatic rings. The molecule has 2 N–H and O–H groups in total. The quantitative estimate of drug-likeness (QED) is 0.823. The molecule has 1 fully saturated rings. The van der Waals surface area contributed by atoms with Gasteiger partial charge in [0.1, 0.15) is 17.1 Å². The van der Waals surface area contributed by atoms with Crippen molar-refractivity contribution in [1.29, 1.82) is 0 Å². The number of hydrogen-bond acceptors (Lipinski definition) is 5. The average Bonchev–Trinajstić information content (AvgIpc) is 2.86. The van der Waals surface area contributed by atoms with E-state index in [1.54, 1.807) is 19.9 Å². The fourth-order valence-corrected chi connectivity index (χ4v) is 2.94. The number of carbonyl (C=O) groups is 3. The van der Waals surface area contributed by atoms with Crippen molar-refractivity contribution in [2.45, 2.75) is 52.5 Å². The topological polar surface area (TPSA) is 97.6 Å². The molecule has 3 amide bonds. The van der Waals surface area contributed by atoms with Crippen LogP contribution in [0.5, 0.6) is 0 Å². The lowest BCUT2D eigenvalue weighted by atomic mass is 9.86. The summed E-state index contributed by atoms with van der Waals surface area (Å²) in [6, 6.07) is 1.07. The number of amides is 3. The Hall–Kier alpha value is -2.31. The minimum atomic E-state index is -0.665. The molecule has 0 radical (unpaired) electrons. The van der Waals surface area contributed by atoms with Gasteiger partial charge in [-0.2, -0.15) is 0 Å². The highest BCUT2D eigenvalue weighted by molar-refractivity contribution is 5.97. The van der Waals surface area contributed by atoms with Crippen LogP contribution in [0.3, 0.4) is 0 Å². The average molecular weight is 336 g/mol. The number of ether oxygens (including phenoxy) is 1. The van der Waals surface area contributed by atoms with Crippen LogP contribution in [0.4, 0.5) is 4.79 Å². The van der Waals surface area contributed by atoms with Crippen molar-refractivity contribution in [1.82, 2.24) is 10.6 Å². The highest BCUT2D eigenvalue weighted by Crippen LogP contribution is 2.23. The number of furan rings is 1. The maximum absolute atomic E-state index is 11.9. The van der Waals surface area contributed by atoms with Gasteiger partial charge in [0.25, 0.3) is 5.91 Å². The molecule has 1 saturated carbocycles. The molecule has 2 atom stereocenters. The Bertz CT molecular complexity index is 622. The van der Waals surface area contributed by atoms with Crippen molar-refractivity contribution in [3.05, 3.63) is 23.2 Å². The lowest BCUT2D eigenvalue weighted by molar-refractivity contribution is -0.123. The Morgan fingerprint density at radius 2 is 1.96 bits per heavy atom. The first kappa shape index (κ1) is 18.0. The summed E-state index contributed by atoms with van der Waals surface area (Å²) in [6.07, 6.45) is 4.23. The van der Waals surface area contributed by atoms with Gasteiger partial charge in [0, 0.05) is 6.04 Å². The number of imide groups is 1. The van der Waals surface area contributed by atoms with E-state index in [0.29, 0.717) is 17.4 Å². The second kappa shape index (κ2) is 7.99. The fourth-order valence-electron chi connectivity index (χ4n) is 2.94. The minimum Gasteiger partial charge on any atom is -0.466 e. The van der Waals surface area contributed by atoms with Gasteiger partial charge in [0.15, 0.2) is 6.61 Å². The number of hydrogen-bond donors (Lipinski definition) is 2. The standard InChI is InChI=1S/C17H24N2O5/c1-10-6-4-5-7-14(10)18-17(22)19-15(20)9-23-16(21)13-8-11(2)24-12(13)3/h8,10,14H,4-7,9H2,1-3H3,(H2,18,19,20,22)/t10-,14-/m0/s1. The molecule has 1 heterocycles. The summed E-state index contributed by atoms with van der Waals surface area (Å²) in [6.45, 7) is 4.93. The smallest absolute Gasteiger partial charge is 0.342 e. The Balaban J connectivity index is 1.75. The number of nitrogens with one attached hydrogen (secondary N) is 2. The van der Waals surface area contributed by atoms with Crippen molar-refractivity contribution in [3.63, 3.8) is 0 Å². The van der Waals surface area contributed by atoms with E-state index in [1.807, 2.05) is 0 Å². The van der Waals surface area contributed by atoms with Gasteiger partial charge >= 0.3 is 12.0 Å². The summed E-state index contributed by atoms with van der Waals surface area (Å²) < 4.78 is 10.1. The summed E-state index contributed by atoms with van der Waals surface area (Å²) in [4.78, 5) is 35.4. The minimum absolute atomic E-state index is 0.0747. The van der Waals surface area contributed by atoms with Crippen LogP contribution >= 0.6 is 0 Å². The Kier molecular flexibility index (Phi) is 6.00. The Morgan fingerprint density at radius 3 is 2.58 bits per heavy atom. The predicted octanol–water partition coefficient (Wildman–Crippen LogP) is 2.46. The number of esters is 1. The van der Waals surface area contributed by atoms with Gasteiger partial charge in [-0.3, -0.25) is 10.1 Å². The zero-order valence-electron chi connectivity index (χ0n) is 14.3. The molecule has 0 saturated heterocycles. The van der Waals surface area contributed by atoms with E-state index in [-0.39, 0.29) is 11.6 Å². The van der Waals surface area contributed by atoms with Gasteiger partial charge in [-0.05, 0) is 38.7 Å². The van der Waals surface area contributed by atoms with Crippen LogP contribution in [0.15, 0.2) is 10.5 Å². The Labute approximate surface area is 141 Å². The molecule has 0 aliphatic heterocycles. The van der Waals surface area contributed by atoms with Crippen LogP contribution in [0, 0.1) is 19.8 Å². The SMILES string of the molecule is Cc1cc(C(=O)OCC(=O)NC(=O)N[C@H]2CCCC[C@@H]2C)c(C)o1. The summed E-state index contributed by atoms with van der Waals surface area (Å²) in [5.74, 6) is 0.0968. The van der Waals surface area contributed by atoms with Crippen molar-refractivity contribution < 1.29 is 23.5 Å². The molecule has 1 aromatic heterocycles. The van der Waals surface area contributed by atoms with Gasteiger partial charge in [0.05, 0.1) is 0 Å². The molecule has 1 aliphatic carbocycles. The first-order valence-electron chi connectivity index (χ1n) is 8.21. The molecule has 0 aromatic carbocycles. The molecule has 24 heavy (non-hydrogen) atoms. The lowest BCUT2D eigenvalue weighted by Gasteiger charge is -2.29. The first-order valence-corrected chi connectivity index (χ1v) is 8.21. The molecular weight excluding hydrogens is 312 g/mol. The third-order valence-corrected chi connectivity index (χ3v) is 4.28. The molecular formula is C17H24N2O5. The number of carbonyl (C=O) groups excluding carboxylic acids is 3. The molecule has 7 heteroatoms. The predicted molar refractivity (Wildman–Crippen MR) is 86.6 cm³/mol. The van der Waals surface area contributed by atoms with Crippen LogP contribution in [-0.4, -0.2) is 30.6 Å². The van der Waals surface area contributed by atoms with E-state index >= 15 is 0 Å². The van der Waals surface area contributed by atoms with Crippen LogP contribution in [0.25, 0.3) is 0 Å². The van der Waals surface area contributed by atoms with Crippen LogP contribution < -0.4 is 10.6 Å². The van der Waals surface area contributed by atoms with E-state index in [1.165, 1.54) is 6.42 Å². The highest BCUT2D eigenvalue weighted by atomic mass is 16.5. The number of rotatable bonds is 4. The second-order valence-corrected chi connectivity index (χ2v) is 6.29. The second-order valence-electron chi connectivity index (χ2n) is 6.29. The zero-order chi connectivity index (χ0) is 17.7. The fraction of sp³-hybridized carbons (Fsp3) is 0.588. The van der Waals surface area contributed by atoms with E-state index < -0.39 is 24.5 Å². The molecule has 2 rings (SSSR count). The third kappa shape index (κ3) is 4.84. The zero-order valence-corrected chi connectivity index (χ0v) is 14.3. The van der Waals surface area contributed by atoms with Gasteiger partial charge in [-0.15, -0.1) is 0 Å². The normalized spacial score (nSPS) is 20.3. The Morgan fingerprint density at radius 1 is 1.25 bits per heavy atom. The van der Waals surface area contributed by atoms with E-state index in [2.05, 4.69) is 17.6 Å². The molecule has 132 valence electrons. The van der Waals surface area contributed by atoms with Crippen LogP contribution in [0.1, 0.15) is 54.5 Å². The summed E-state index contributed by atoms with van der Waals surface area (Å²) >= 11 is 0. The van der Waals surface area contributed by atoms with Gasteiger partial charge in [-0.1, -0.05) is 19.8 Å². The third-order valence-electron chi connectivity index (χ3n) is 4.28. The van der Waals surface area contributed by atoms with Crippen LogP contribution in [-0.2, 0) is 9.53 Å². The lowest BCUT2D eigenvalue weighted by Crippen LogP contribution is -2.48. The van der Waals surface area contributed by atoms with Crippen LogP contribution in [0.2, 0.25) is 0 Å². The van der Waals surface area contributed by atoms with Gasteiger partial charge in [0.2, 0.25) is 0 Å². The maximum atomic E-state index is 11.9. The highest BCUT2D eigenvalue weighted by Gasteiger charge is 2.23. The summed E-state index contributed by atoms with van der Waals surface area (Å²) in [7, 11) is 0. The van der Waals surface area contributed by atoms with E-state index in [9.17, 15) is 14.4 Å². The molecule has 7 nitrogen and oxygen atoms in total. The molecule has 0 spiro atoms. The van der Waals surface area contributed by atoms with Gasteiger partial charge < -0.3 is 14.5 Å². The number of urea groups is 1. The monoisotopic (exact) mass is 336 g/mol. The van der Waals surface area contributed by atoms with Crippen molar-refractivity contribution in [2.24, 2.45) is 5.92 Å². The van der Waals surface area contributed by atoms with Crippen molar-refractivity contribution in [2.75, 3.05) is 6.61 Å². The largest absolute Gasteiger partial charge is 0.466 e. The first-order chi connectivity index (χ1) is 11.4.